The Morgan fingerprint density at radius 3 is 2.72 bits per heavy atom. The molecule has 1 fully saturated rings. The minimum absolute atomic E-state index is 0.104. The van der Waals surface area contributed by atoms with Gasteiger partial charge in [0.2, 0.25) is 0 Å². The van der Waals surface area contributed by atoms with Crippen LogP contribution >= 0.6 is 0 Å². The fourth-order valence-corrected chi connectivity index (χ4v) is 3.35. The van der Waals surface area contributed by atoms with Crippen LogP contribution in [0.25, 0.3) is 0 Å². The molecule has 2 heterocycles. The Hall–Kier alpha value is -3.15. The van der Waals surface area contributed by atoms with E-state index in [0.717, 1.165) is 17.8 Å². The number of hydrogen-bond donors (Lipinski definition) is 0. The van der Waals surface area contributed by atoms with Gasteiger partial charge in [0.1, 0.15) is 12.4 Å². The van der Waals surface area contributed by atoms with E-state index in [4.69, 9.17) is 9.26 Å². The van der Waals surface area contributed by atoms with Crippen molar-refractivity contribution in [2.75, 3.05) is 6.54 Å². The summed E-state index contributed by atoms with van der Waals surface area (Å²) < 4.78 is 11.0. The van der Waals surface area contributed by atoms with Crippen molar-refractivity contribution in [3.8, 4) is 5.75 Å². The van der Waals surface area contributed by atoms with Crippen molar-refractivity contribution in [2.24, 2.45) is 5.92 Å². The molecule has 0 radical (unpaired) electrons. The van der Waals surface area contributed by atoms with Crippen molar-refractivity contribution >= 4 is 5.91 Å². The van der Waals surface area contributed by atoms with Gasteiger partial charge in [-0.15, -0.1) is 0 Å². The van der Waals surface area contributed by atoms with Crippen molar-refractivity contribution in [2.45, 2.75) is 39.3 Å². The number of aryl methyl sites for hydroxylation is 1. The number of ether oxygens (including phenoxy) is 1. The van der Waals surface area contributed by atoms with Crippen LogP contribution in [0.4, 0.5) is 0 Å². The minimum Gasteiger partial charge on any atom is -0.484 e. The number of pyridine rings is 1. The maximum absolute atomic E-state index is 13.1. The van der Waals surface area contributed by atoms with E-state index in [1.807, 2.05) is 54.3 Å². The number of benzene rings is 1. The average Bonchev–Trinajstić information content (AvgIpc) is 3.18. The SMILES string of the molecule is Cc1ccc(OCc2cc(C(=O)N(Cc3ccccc3)CC3CCC3)no2)cn1. The van der Waals surface area contributed by atoms with E-state index in [-0.39, 0.29) is 12.5 Å². The molecule has 0 atom stereocenters. The molecule has 6 nitrogen and oxygen atoms in total. The van der Waals surface area contributed by atoms with Crippen molar-refractivity contribution in [1.82, 2.24) is 15.0 Å². The normalized spacial score (nSPS) is 13.7. The average molecular weight is 391 g/mol. The Bertz CT molecular complexity index is 934. The number of rotatable bonds is 8. The summed E-state index contributed by atoms with van der Waals surface area (Å²) in [7, 11) is 0. The monoisotopic (exact) mass is 391 g/mol. The third-order valence-corrected chi connectivity index (χ3v) is 5.25. The van der Waals surface area contributed by atoms with Gasteiger partial charge in [0.15, 0.2) is 11.5 Å². The van der Waals surface area contributed by atoms with Gasteiger partial charge in [-0.05, 0) is 43.4 Å². The molecule has 6 heteroatoms. The Labute approximate surface area is 170 Å². The first-order valence-electron chi connectivity index (χ1n) is 10.0. The predicted octanol–water partition coefficient (Wildman–Crippen LogP) is 4.40. The second-order valence-corrected chi connectivity index (χ2v) is 7.57. The van der Waals surface area contributed by atoms with Gasteiger partial charge in [0.25, 0.3) is 5.91 Å². The molecule has 1 aliphatic carbocycles. The maximum atomic E-state index is 13.1. The maximum Gasteiger partial charge on any atom is 0.276 e. The zero-order chi connectivity index (χ0) is 20.1. The smallest absolute Gasteiger partial charge is 0.276 e. The van der Waals surface area contributed by atoms with Crippen LogP contribution in [0, 0.1) is 12.8 Å². The van der Waals surface area contributed by atoms with Crippen LogP contribution in [-0.4, -0.2) is 27.5 Å². The topological polar surface area (TPSA) is 68.5 Å². The van der Waals surface area contributed by atoms with Crippen LogP contribution in [-0.2, 0) is 13.2 Å². The molecule has 3 aromatic rings. The molecule has 0 unspecified atom stereocenters. The summed E-state index contributed by atoms with van der Waals surface area (Å²) in [6, 6.07) is 15.5. The van der Waals surface area contributed by atoms with Gasteiger partial charge in [-0.3, -0.25) is 9.78 Å². The molecule has 1 amide bonds. The highest BCUT2D eigenvalue weighted by Crippen LogP contribution is 2.28. The number of nitrogens with zero attached hydrogens (tertiary/aromatic N) is 3. The summed E-state index contributed by atoms with van der Waals surface area (Å²) in [5, 5.41) is 3.99. The van der Waals surface area contributed by atoms with E-state index < -0.39 is 0 Å². The van der Waals surface area contributed by atoms with Gasteiger partial charge >= 0.3 is 0 Å². The van der Waals surface area contributed by atoms with E-state index in [9.17, 15) is 4.79 Å². The number of hydrogen-bond acceptors (Lipinski definition) is 5. The van der Waals surface area contributed by atoms with E-state index in [0.29, 0.717) is 29.7 Å². The third-order valence-electron chi connectivity index (χ3n) is 5.25. The van der Waals surface area contributed by atoms with Crippen LogP contribution in [0.3, 0.4) is 0 Å². The summed E-state index contributed by atoms with van der Waals surface area (Å²) in [4.78, 5) is 19.2. The molecule has 150 valence electrons. The Morgan fingerprint density at radius 1 is 1.21 bits per heavy atom. The molecule has 4 rings (SSSR count). The van der Waals surface area contributed by atoms with Crippen LogP contribution in [0.5, 0.6) is 5.75 Å². The number of carbonyl (C=O) groups excluding carboxylic acids is 1. The first-order valence-corrected chi connectivity index (χ1v) is 10.0. The van der Waals surface area contributed by atoms with Gasteiger partial charge in [-0.25, -0.2) is 0 Å². The highest BCUT2D eigenvalue weighted by molar-refractivity contribution is 5.92. The van der Waals surface area contributed by atoms with Crippen molar-refractivity contribution < 1.29 is 14.1 Å². The number of aromatic nitrogens is 2. The minimum atomic E-state index is -0.104. The quantitative estimate of drug-likeness (QED) is 0.569. The highest BCUT2D eigenvalue weighted by atomic mass is 16.5. The van der Waals surface area contributed by atoms with Crippen molar-refractivity contribution in [3.63, 3.8) is 0 Å². The molecule has 1 aromatic carbocycles. The Kier molecular flexibility index (Phi) is 5.89. The molecular weight excluding hydrogens is 366 g/mol. The zero-order valence-corrected chi connectivity index (χ0v) is 16.6. The van der Waals surface area contributed by atoms with Crippen LogP contribution < -0.4 is 4.74 Å². The standard InChI is InChI=1S/C23H25N3O3/c1-17-10-11-20(13-24-17)28-16-21-12-22(25-29-21)23(27)26(15-19-8-5-9-19)14-18-6-3-2-4-7-18/h2-4,6-7,10-13,19H,5,8-9,14-16H2,1H3. The summed E-state index contributed by atoms with van der Waals surface area (Å²) in [5.74, 6) is 1.63. The molecule has 0 saturated heterocycles. The molecule has 0 aliphatic heterocycles. The second kappa shape index (κ2) is 8.90. The largest absolute Gasteiger partial charge is 0.484 e. The molecule has 0 spiro atoms. The molecule has 0 bridgehead atoms. The molecule has 1 aliphatic rings. The third kappa shape index (κ3) is 5.02. The van der Waals surface area contributed by atoms with Gasteiger partial charge < -0.3 is 14.2 Å². The van der Waals surface area contributed by atoms with Crippen LogP contribution in [0.1, 0.15) is 46.8 Å². The molecular formula is C23H25N3O3. The van der Waals surface area contributed by atoms with Gasteiger partial charge in [0, 0.05) is 24.8 Å². The molecule has 0 N–H and O–H groups in total. The fourth-order valence-electron chi connectivity index (χ4n) is 3.35. The summed E-state index contributed by atoms with van der Waals surface area (Å²) >= 11 is 0. The van der Waals surface area contributed by atoms with Crippen LogP contribution in [0.15, 0.2) is 59.3 Å². The number of amides is 1. The summed E-state index contributed by atoms with van der Waals surface area (Å²) in [6.07, 6.45) is 5.28. The summed E-state index contributed by atoms with van der Waals surface area (Å²) in [5.41, 5.74) is 2.36. The van der Waals surface area contributed by atoms with Crippen molar-refractivity contribution in [1.29, 1.82) is 0 Å². The van der Waals surface area contributed by atoms with E-state index in [2.05, 4.69) is 10.1 Å². The lowest BCUT2D eigenvalue weighted by Crippen LogP contribution is -2.37. The predicted molar refractivity (Wildman–Crippen MR) is 108 cm³/mol. The molecule has 1 saturated carbocycles. The van der Waals surface area contributed by atoms with E-state index >= 15 is 0 Å². The fraction of sp³-hybridized carbons (Fsp3) is 0.348. The first kappa shape index (κ1) is 19.2. The van der Waals surface area contributed by atoms with Gasteiger partial charge in [-0.2, -0.15) is 0 Å². The Morgan fingerprint density at radius 2 is 2.03 bits per heavy atom. The van der Waals surface area contributed by atoms with E-state index in [1.54, 1.807) is 12.3 Å². The lowest BCUT2D eigenvalue weighted by molar-refractivity contribution is 0.0669. The molecule has 2 aromatic heterocycles. The summed E-state index contributed by atoms with van der Waals surface area (Å²) in [6.45, 7) is 3.45. The lowest BCUT2D eigenvalue weighted by atomic mass is 9.85. The Balaban J connectivity index is 1.42. The van der Waals surface area contributed by atoms with Gasteiger partial charge in [-0.1, -0.05) is 41.9 Å². The molecule has 29 heavy (non-hydrogen) atoms. The second-order valence-electron chi connectivity index (χ2n) is 7.57. The highest BCUT2D eigenvalue weighted by Gasteiger charge is 2.26. The van der Waals surface area contributed by atoms with Crippen molar-refractivity contribution in [3.05, 3.63) is 77.4 Å². The van der Waals surface area contributed by atoms with Gasteiger partial charge in [0.05, 0.1) is 6.20 Å². The first-order chi connectivity index (χ1) is 14.2. The van der Waals surface area contributed by atoms with Crippen LogP contribution in [0.2, 0.25) is 0 Å². The lowest BCUT2D eigenvalue weighted by Gasteiger charge is -2.32. The van der Waals surface area contributed by atoms with E-state index in [1.165, 1.54) is 19.3 Å². The number of carbonyl (C=O) groups is 1. The zero-order valence-electron chi connectivity index (χ0n) is 16.6.